The number of ether oxygens (including phenoxy) is 1. The highest BCUT2D eigenvalue weighted by atomic mass is 32.2. The van der Waals surface area contributed by atoms with Crippen LogP contribution in [-0.4, -0.2) is 44.0 Å². The fraction of sp³-hybridized carbons (Fsp3) is 0.273. The van der Waals surface area contributed by atoms with Crippen molar-refractivity contribution in [1.29, 1.82) is 0 Å². The highest BCUT2D eigenvalue weighted by molar-refractivity contribution is 7.98. The SMILES string of the molecule is CCOC(=O)c1sc2nc(CSc3ccccc3)nc(Nc3cnn(CCO)c3)c2c1C. The maximum absolute atomic E-state index is 12.5. The van der Waals surface area contributed by atoms with E-state index in [0.717, 1.165) is 26.4 Å². The molecule has 0 aliphatic carbocycles. The number of thioether (sulfide) groups is 1. The van der Waals surface area contributed by atoms with Crippen molar-refractivity contribution in [2.75, 3.05) is 18.5 Å². The Bertz CT molecular complexity index is 1220. The normalized spacial score (nSPS) is 11.1. The van der Waals surface area contributed by atoms with Gasteiger partial charge in [0.25, 0.3) is 0 Å². The summed E-state index contributed by atoms with van der Waals surface area (Å²) >= 11 is 2.97. The molecule has 0 atom stereocenters. The van der Waals surface area contributed by atoms with Crippen LogP contribution in [0.25, 0.3) is 10.2 Å². The zero-order valence-corrected chi connectivity index (χ0v) is 19.4. The molecule has 0 aliphatic heterocycles. The molecule has 166 valence electrons. The number of aryl methyl sites for hydroxylation is 1. The molecule has 32 heavy (non-hydrogen) atoms. The number of aliphatic hydroxyl groups is 1. The first-order chi connectivity index (χ1) is 15.6. The fourth-order valence-electron chi connectivity index (χ4n) is 3.18. The Balaban J connectivity index is 1.71. The Hall–Kier alpha value is -2.95. The second kappa shape index (κ2) is 10.1. The maximum atomic E-state index is 12.5. The molecule has 3 heterocycles. The first kappa shape index (κ1) is 22.3. The number of carbonyl (C=O) groups is 1. The van der Waals surface area contributed by atoms with Gasteiger partial charge in [-0.2, -0.15) is 5.10 Å². The van der Waals surface area contributed by atoms with Crippen LogP contribution in [0.3, 0.4) is 0 Å². The highest BCUT2D eigenvalue weighted by Gasteiger charge is 2.22. The van der Waals surface area contributed by atoms with Crippen LogP contribution in [0.4, 0.5) is 11.5 Å². The zero-order chi connectivity index (χ0) is 22.5. The largest absolute Gasteiger partial charge is 0.462 e. The van der Waals surface area contributed by atoms with Gasteiger partial charge in [-0.1, -0.05) is 18.2 Å². The predicted octanol–water partition coefficient (Wildman–Crippen LogP) is 4.40. The number of hydrogen-bond acceptors (Lipinski definition) is 9. The lowest BCUT2D eigenvalue weighted by atomic mass is 10.2. The van der Waals surface area contributed by atoms with E-state index >= 15 is 0 Å². The topological polar surface area (TPSA) is 102 Å². The number of benzene rings is 1. The summed E-state index contributed by atoms with van der Waals surface area (Å²) in [6.45, 7) is 4.40. The van der Waals surface area contributed by atoms with Gasteiger partial charge in [0.15, 0.2) is 0 Å². The molecule has 0 fully saturated rings. The number of thiophene rings is 1. The van der Waals surface area contributed by atoms with Crippen LogP contribution >= 0.6 is 23.1 Å². The maximum Gasteiger partial charge on any atom is 0.348 e. The van der Waals surface area contributed by atoms with Gasteiger partial charge in [0.2, 0.25) is 0 Å². The van der Waals surface area contributed by atoms with Crippen LogP contribution < -0.4 is 5.32 Å². The van der Waals surface area contributed by atoms with E-state index in [2.05, 4.69) is 10.4 Å². The van der Waals surface area contributed by atoms with E-state index < -0.39 is 0 Å². The molecule has 2 N–H and O–H groups in total. The highest BCUT2D eigenvalue weighted by Crippen LogP contribution is 2.36. The smallest absolute Gasteiger partial charge is 0.348 e. The van der Waals surface area contributed by atoms with Crippen molar-refractivity contribution in [2.24, 2.45) is 0 Å². The van der Waals surface area contributed by atoms with Gasteiger partial charge in [-0.05, 0) is 31.5 Å². The number of aromatic nitrogens is 4. The van der Waals surface area contributed by atoms with E-state index in [1.807, 2.05) is 37.3 Å². The number of carbonyl (C=O) groups excluding carboxylic acids is 1. The van der Waals surface area contributed by atoms with Gasteiger partial charge in [0.05, 0.1) is 42.8 Å². The number of nitrogens with one attached hydrogen (secondary N) is 1. The van der Waals surface area contributed by atoms with Crippen LogP contribution in [0.15, 0.2) is 47.6 Å². The standard InChI is InChI=1S/C22H23N5O3S2/c1-3-30-22(29)19-14(2)18-20(24-15-11-23-27(12-15)9-10-28)25-17(26-21(18)32-19)13-31-16-7-5-4-6-8-16/h4-8,11-12,28H,3,9-10,13H2,1-2H3,(H,24,25,26). The lowest BCUT2D eigenvalue weighted by molar-refractivity contribution is 0.0531. The summed E-state index contributed by atoms with van der Waals surface area (Å²) in [5, 5.41) is 17.5. The van der Waals surface area contributed by atoms with E-state index in [-0.39, 0.29) is 12.6 Å². The molecule has 0 aliphatic rings. The van der Waals surface area contributed by atoms with Crippen LogP contribution in [0.2, 0.25) is 0 Å². The molecule has 0 saturated carbocycles. The van der Waals surface area contributed by atoms with Gasteiger partial charge in [-0.3, -0.25) is 4.68 Å². The minimum Gasteiger partial charge on any atom is -0.462 e. The number of aliphatic hydroxyl groups excluding tert-OH is 1. The Kier molecular flexibility index (Phi) is 7.03. The minimum absolute atomic E-state index is 0.00622. The van der Waals surface area contributed by atoms with Gasteiger partial charge in [-0.15, -0.1) is 23.1 Å². The van der Waals surface area contributed by atoms with Gasteiger partial charge in [0, 0.05) is 11.1 Å². The molecule has 0 radical (unpaired) electrons. The van der Waals surface area contributed by atoms with Gasteiger partial charge in [0.1, 0.15) is 21.3 Å². The zero-order valence-electron chi connectivity index (χ0n) is 17.7. The molecule has 4 aromatic rings. The predicted molar refractivity (Wildman–Crippen MR) is 127 cm³/mol. The molecular weight excluding hydrogens is 446 g/mol. The van der Waals surface area contributed by atoms with Crippen molar-refractivity contribution in [2.45, 2.75) is 31.0 Å². The van der Waals surface area contributed by atoms with Crippen molar-refractivity contribution in [3.8, 4) is 0 Å². The van der Waals surface area contributed by atoms with Crippen molar-refractivity contribution in [1.82, 2.24) is 19.7 Å². The summed E-state index contributed by atoms with van der Waals surface area (Å²) < 4.78 is 6.87. The van der Waals surface area contributed by atoms with Gasteiger partial charge < -0.3 is 15.2 Å². The number of esters is 1. The summed E-state index contributed by atoms with van der Waals surface area (Å²) in [5.41, 5.74) is 1.53. The molecule has 0 saturated heterocycles. The molecule has 10 heteroatoms. The fourth-order valence-corrected chi connectivity index (χ4v) is 5.05. The van der Waals surface area contributed by atoms with Crippen molar-refractivity contribution < 1.29 is 14.6 Å². The van der Waals surface area contributed by atoms with E-state index in [4.69, 9.17) is 19.8 Å². The molecule has 8 nitrogen and oxygen atoms in total. The number of rotatable bonds is 9. The molecule has 0 bridgehead atoms. The van der Waals surface area contributed by atoms with E-state index in [1.54, 1.807) is 35.8 Å². The Morgan fingerprint density at radius 3 is 2.84 bits per heavy atom. The van der Waals surface area contributed by atoms with E-state index in [9.17, 15) is 4.79 Å². The van der Waals surface area contributed by atoms with Crippen molar-refractivity contribution >= 4 is 50.8 Å². The van der Waals surface area contributed by atoms with Gasteiger partial charge >= 0.3 is 5.97 Å². The second-order valence-electron chi connectivity index (χ2n) is 6.89. The van der Waals surface area contributed by atoms with Crippen LogP contribution in [0.1, 0.15) is 28.0 Å². The molecule has 4 rings (SSSR count). The summed E-state index contributed by atoms with van der Waals surface area (Å²) in [4.78, 5) is 24.4. The third kappa shape index (κ3) is 4.93. The lowest BCUT2D eigenvalue weighted by Crippen LogP contribution is -2.04. The van der Waals surface area contributed by atoms with Crippen molar-refractivity contribution in [3.63, 3.8) is 0 Å². The third-order valence-electron chi connectivity index (χ3n) is 4.63. The summed E-state index contributed by atoms with van der Waals surface area (Å²) in [5.74, 6) is 1.51. The second-order valence-corrected chi connectivity index (χ2v) is 8.94. The molecular formula is C22H23N5O3S2. The molecule has 3 aromatic heterocycles. The van der Waals surface area contributed by atoms with Crippen LogP contribution in [0, 0.1) is 6.92 Å². The Morgan fingerprint density at radius 1 is 1.28 bits per heavy atom. The van der Waals surface area contributed by atoms with Crippen molar-refractivity contribution in [3.05, 3.63) is 59.0 Å². The quantitative estimate of drug-likeness (QED) is 0.275. The Labute approximate surface area is 193 Å². The van der Waals surface area contributed by atoms with Crippen LogP contribution in [0.5, 0.6) is 0 Å². The summed E-state index contributed by atoms with van der Waals surface area (Å²) in [6.07, 6.45) is 3.48. The number of fused-ring (bicyclic) bond motifs is 1. The van der Waals surface area contributed by atoms with Crippen LogP contribution in [-0.2, 0) is 17.0 Å². The van der Waals surface area contributed by atoms with E-state index in [1.165, 1.54) is 11.3 Å². The number of nitrogens with zero attached hydrogens (tertiary/aromatic N) is 4. The molecule has 0 unspecified atom stereocenters. The Morgan fingerprint density at radius 2 is 2.09 bits per heavy atom. The number of anilines is 2. The van der Waals surface area contributed by atoms with Gasteiger partial charge in [-0.25, -0.2) is 14.8 Å². The summed E-state index contributed by atoms with van der Waals surface area (Å²) in [6, 6.07) is 10.1. The minimum atomic E-state index is -0.352. The number of hydrogen-bond donors (Lipinski definition) is 2. The summed E-state index contributed by atoms with van der Waals surface area (Å²) in [7, 11) is 0. The monoisotopic (exact) mass is 469 g/mol. The first-order valence-corrected chi connectivity index (χ1v) is 11.9. The average Bonchev–Trinajstić information content (AvgIpc) is 3.37. The first-order valence-electron chi connectivity index (χ1n) is 10.1. The molecule has 0 spiro atoms. The molecule has 1 aromatic carbocycles. The average molecular weight is 470 g/mol. The third-order valence-corrected chi connectivity index (χ3v) is 6.81. The van der Waals surface area contributed by atoms with E-state index in [0.29, 0.717) is 35.4 Å². The molecule has 0 amide bonds. The lowest BCUT2D eigenvalue weighted by Gasteiger charge is -2.08.